The van der Waals surface area contributed by atoms with Crippen LogP contribution < -0.4 is 4.90 Å². The molecule has 13 heavy (non-hydrogen) atoms. The zero-order valence-corrected chi connectivity index (χ0v) is 7.21. The Bertz CT molecular complexity index is 283. The van der Waals surface area contributed by atoms with Gasteiger partial charge in [-0.25, -0.2) is 8.78 Å². The maximum Gasteiger partial charge on any atom is 0.123 e. The summed E-state index contributed by atoms with van der Waals surface area (Å²) in [7, 11) is 0. The first kappa shape index (κ1) is 8.48. The molecule has 1 atom stereocenters. The number of alkyl halides is 1. The van der Waals surface area contributed by atoms with Crippen LogP contribution in [0.5, 0.6) is 0 Å². The van der Waals surface area contributed by atoms with E-state index in [2.05, 4.69) is 0 Å². The minimum absolute atomic E-state index is 0.250. The van der Waals surface area contributed by atoms with Crippen molar-refractivity contribution in [2.45, 2.75) is 12.6 Å². The Morgan fingerprint density at radius 3 is 2.46 bits per heavy atom. The third-order valence-electron chi connectivity index (χ3n) is 2.32. The lowest BCUT2D eigenvalue weighted by atomic mass is 10.3. The van der Waals surface area contributed by atoms with Crippen LogP contribution in [-0.2, 0) is 0 Å². The highest BCUT2D eigenvalue weighted by molar-refractivity contribution is 5.47. The first-order valence-corrected chi connectivity index (χ1v) is 4.40. The molecule has 1 saturated heterocycles. The summed E-state index contributed by atoms with van der Waals surface area (Å²) < 4.78 is 25.4. The first-order valence-electron chi connectivity index (χ1n) is 4.40. The first-order chi connectivity index (χ1) is 6.25. The molecule has 70 valence electrons. The number of anilines is 1. The van der Waals surface area contributed by atoms with Gasteiger partial charge in [0.05, 0.1) is 0 Å². The highest BCUT2D eigenvalue weighted by atomic mass is 19.1. The van der Waals surface area contributed by atoms with Gasteiger partial charge in [-0.1, -0.05) is 0 Å². The van der Waals surface area contributed by atoms with Gasteiger partial charge in [0, 0.05) is 18.8 Å². The molecule has 1 aliphatic heterocycles. The van der Waals surface area contributed by atoms with Gasteiger partial charge in [-0.2, -0.15) is 0 Å². The predicted octanol–water partition coefficient (Wildman–Crippen LogP) is 2.37. The summed E-state index contributed by atoms with van der Waals surface area (Å²) in [6.07, 6.45) is -0.151. The summed E-state index contributed by atoms with van der Waals surface area (Å²) >= 11 is 0. The predicted molar refractivity (Wildman–Crippen MR) is 48.1 cm³/mol. The van der Waals surface area contributed by atoms with E-state index in [4.69, 9.17) is 0 Å². The second-order valence-corrected chi connectivity index (χ2v) is 3.31. The number of benzene rings is 1. The zero-order chi connectivity index (χ0) is 9.26. The van der Waals surface area contributed by atoms with E-state index in [1.807, 2.05) is 4.90 Å². The van der Waals surface area contributed by atoms with E-state index in [-0.39, 0.29) is 5.82 Å². The Kier molecular flexibility index (Phi) is 2.17. The van der Waals surface area contributed by atoms with Gasteiger partial charge in [-0.3, -0.25) is 0 Å². The number of hydrogen-bond donors (Lipinski definition) is 0. The lowest BCUT2D eigenvalue weighted by Gasteiger charge is -2.16. The van der Waals surface area contributed by atoms with Crippen molar-refractivity contribution < 1.29 is 8.78 Å². The molecule has 0 N–H and O–H groups in total. The molecule has 1 heterocycles. The van der Waals surface area contributed by atoms with Crippen LogP contribution in [0.3, 0.4) is 0 Å². The average molecular weight is 183 g/mol. The van der Waals surface area contributed by atoms with Crippen LogP contribution in [-0.4, -0.2) is 19.3 Å². The van der Waals surface area contributed by atoms with E-state index in [1.54, 1.807) is 12.1 Å². The Labute approximate surface area is 76.0 Å². The summed E-state index contributed by atoms with van der Waals surface area (Å²) in [5, 5.41) is 0. The maximum atomic E-state index is 12.8. The molecule has 1 nitrogen and oxygen atoms in total. The molecular formula is C10H11F2N. The summed E-state index contributed by atoms with van der Waals surface area (Å²) in [5.41, 5.74) is 0.904. The monoisotopic (exact) mass is 183 g/mol. The smallest absolute Gasteiger partial charge is 0.123 e. The van der Waals surface area contributed by atoms with Crippen LogP contribution >= 0.6 is 0 Å². The second kappa shape index (κ2) is 3.32. The fraction of sp³-hybridized carbons (Fsp3) is 0.400. The summed E-state index contributed by atoms with van der Waals surface area (Å²) in [6, 6.07) is 6.18. The summed E-state index contributed by atoms with van der Waals surface area (Å²) in [6.45, 7) is 1.17. The minimum Gasteiger partial charge on any atom is -0.369 e. The highest BCUT2D eigenvalue weighted by Gasteiger charge is 2.21. The maximum absolute atomic E-state index is 12.8. The molecule has 1 aliphatic rings. The molecular weight excluding hydrogens is 172 g/mol. The van der Waals surface area contributed by atoms with E-state index in [1.165, 1.54) is 12.1 Å². The van der Waals surface area contributed by atoms with Gasteiger partial charge in [0.1, 0.15) is 12.0 Å². The van der Waals surface area contributed by atoms with Crippen molar-refractivity contribution in [3.8, 4) is 0 Å². The van der Waals surface area contributed by atoms with Crippen LogP contribution in [0.1, 0.15) is 6.42 Å². The molecule has 0 saturated carbocycles. The molecule has 0 aromatic heterocycles. The van der Waals surface area contributed by atoms with Crippen molar-refractivity contribution in [2.75, 3.05) is 18.0 Å². The van der Waals surface area contributed by atoms with Gasteiger partial charge in [-0.15, -0.1) is 0 Å². The largest absolute Gasteiger partial charge is 0.369 e. The Morgan fingerprint density at radius 2 is 1.92 bits per heavy atom. The van der Waals surface area contributed by atoms with Gasteiger partial charge in [0.15, 0.2) is 0 Å². The second-order valence-electron chi connectivity index (χ2n) is 3.31. The van der Waals surface area contributed by atoms with Gasteiger partial charge in [0.2, 0.25) is 0 Å². The third kappa shape index (κ3) is 1.79. The van der Waals surface area contributed by atoms with E-state index in [9.17, 15) is 8.78 Å². The van der Waals surface area contributed by atoms with Crippen molar-refractivity contribution in [1.82, 2.24) is 0 Å². The van der Waals surface area contributed by atoms with Crippen molar-refractivity contribution in [2.24, 2.45) is 0 Å². The highest BCUT2D eigenvalue weighted by Crippen LogP contribution is 2.21. The topological polar surface area (TPSA) is 3.24 Å². The van der Waals surface area contributed by atoms with E-state index >= 15 is 0 Å². The Balaban J connectivity index is 2.13. The number of rotatable bonds is 1. The van der Waals surface area contributed by atoms with Crippen molar-refractivity contribution in [3.05, 3.63) is 30.1 Å². The van der Waals surface area contributed by atoms with Crippen molar-refractivity contribution >= 4 is 5.69 Å². The number of nitrogens with zero attached hydrogens (tertiary/aromatic N) is 1. The standard InChI is InChI=1S/C10H11F2N/c11-8-1-3-10(4-2-8)13-6-5-9(12)7-13/h1-4,9H,5-7H2/t9-/m0/s1. The molecule has 0 amide bonds. The molecule has 0 radical (unpaired) electrons. The lowest BCUT2D eigenvalue weighted by Crippen LogP contribution is -2.19. The van der Waals surface area contributed by atoms with Crippen molar-refractivity contribution in [3.63, 3.8) is 0 Å². The fourth-order valence-corrected chi connectivity index (χ4v) is 1.60. The Morgan fingerprint density at radius 1 is 1.23 bits per heavy atom. The van der Waals surface area contributed by atoms with E-state index < -0.39 is 6.17 Å². The average Bonchev–Trinajstić information content (AvgIpc) is 2.53. The quantitative estimate of drug-likeness (QED) is 0.646. The fourth-order valence-electron chi connectivity index (χ4n) is 1.60. The lowest BCUT2D eigenvalue weighted by molar-refractivity contribution is 0.364. The molecule has 1 aromatic rings. The van der Waals surface area contributed by atoms with Gasteiger partial charge in [-0.05, 0) is 30.7 Å². The van der Waals surface area contributed by atoms with Crippen LogP contribution in [0.15, 0.2) is 24.3 Å². The van der Waals surface area contributed by atoms with E-state index in [0.29, 0.717) is 13.0 Å². The van der Waals surface area contributed by atoms with Crippen LogP contribution in [0.2, 0.25) is 0 Å². The minimum atomic E-state index is -0.731. The third-order valence-corrected chi connectivity index (χ3v) is 2.32. The van der Waals surface area contributed by atoms with Crippen LogP contribution in [0.4, 0.5) is 14.5 Å². The molecule has 0 unspecified atom stereocenters. The van der Waals surface area contributed by atoms with Crippen LogP contribution in [0, 0.1) is 5.82 Å². The number of hydrogen-bond acceptors (Lipinski definition) is 1. The normalized spacial score (nSPS) is 22.3. The Hall–Kier alpha value is -1.12. The van der Waals surface area contributed by atoms with Crippen LogP contribution in [0.25, 0.3) is 0 Å². The molecule has 0 aliphatic carbocycles. The molecule has 0 bridgehead atoms. The number of halogens is 2. The summed E-state index contributed by atoms with van der Waals surface area (Å²) in [5.74, 6) is -0.250. The summed E-state index contributed by atoms with van der Waals surface area (Å²) in [4.78, 5) is 1.93. The zero-order valence-electron chi connectivity index (χ0n) is 7.21. The van der Waals surface area contributed by atoms with Crippen molar-refractivity contribution in [1.29, 1.82) is 0 Å². The SMILES string of the molecule is Fc1ccc(N2CC[C@H](F)C2)cc1. The molecule has 0 spiro atoms. The van der Waals surface area contributed by atoms with Gasteiger partial charge in [0.25, 0.3) is 0 Å². The molecule has 1 aromatic carbocycles. The van der Waals surface area contributed by atoms with E-state index in [0.717, 1.165) is 12.2 Å². The molecule has 3 heteroatoms. The molecule has 1 fully saturated rings. The van der Waals surface area contributed by atoms with Gasteiger partial charge >= 0.3 is 0 Å². The molecule has 2 rings (SSSR count). The van der Waals surface area contributed by atoms with Gasteiger partial charge < -0.3 is 4.90 Å².